The van der Waals surface area contributed by atoms with E-state index in [2.05, 4.69) is 22.9 Å². The molecule has 0 aliphatic heterocycles. The van der Waals surface area contributed by atoms with Gasteiger partial charge in [0.05, 0.1) is 15.3 Å². The van der Waals surface area contributed by atoms with Crippen LogP contribution in [0.5, 0.6) is 5.75 Å². The molecule has 0 aliphatic carbocycles. The second kappa shape index (κ2) is 6.16. The minimum atomic E-state index is 0.0349. The van der Waals surface area contributed by atoms with Crippen molar-refractivity contribution in [3.63, 3.8) is 0 Å². The molecule has 0 fully saturated rings. The van der Waals surface area contributed by atoms with Crippen LogP contribution in [0.25, 0.3) is 0 Å². The average Bonchev–Trinajstić information content (AvgIpc) is 2.82. The summed E-state index contributed by atoms with van der Waals surface area (Å²) < 4.78 is 6.49. The lowest BCUT2D eigenvalue weighted by Gasteiger charge is -2.05. The van der Waals surface area contributed by atoms with Gasteiger partial charge in [0.1, 0.15) is 5.75 Å². The minimum absolute atomic E-state index is 0.0349. The quantitative estimate of drug-likeness (QED) is 0.755. The van der Waals surface area contributed by atoms with E-state index in [4.69, 9.17) is 4.74 Å². The van der Waals surface area contributed by atoms with Crippen LogP contribution in [0.3, 0.4) is 0 Å². The van der Waals surface area contributed by atoms with Crippen molar-refractivity contribution in [3.8, 4) is 5.75 Å². The monoisotopic (exact) mass is 324 g/mol. The van der Waals surface area contributed by atoms with Crippen molar-refractivity contribution in [2.45, 2.75) is 13.3 Å². The Morgan fingerprint density at radius 1 is 1.33 bits per heavy atom. The highest BCUT2D eigenvalue weighted by atomic mass is 79.9. The molecular weight excluding hydrogens is 312 g/mol. The van der Waals surface area contributed by atoms with Crippen molar-refractivity contribution in [2.24, 2.45) is 0 Å². The maximum Gasteiger partial charge on any atom is 0.203 e. The van der Waals surface area contributed by atoms with Gasteiger partial charge in [-0.05, 0) is 46.6 Å². The summed E-state index contributed by atoms with van der Waals surface area (Å²) in [5.74, 6) is 0.783. The SMILES string of the molecule is CCCOc1cccc(C(=O)c2ccc(Br)s2)c1. The lowest BCUT2D eigenvalue weighted by molar-refractivity contribution is 0.104. The molecule has 0 saturated heterocycles. The molecule has 0 spiro atoms. The number of ether oxygens (including phenoxy) is 1. The van der Waals surface area contributed by atoms with Gasteiger partial charge in [-0.2, -0.15) is 0 Å². The normalized spacial score (nSPS) is 10.3. The zero-order valence-electron chi connectivity index (χ0n) is 9.98. The molecule has 94 valence electrons. The van der Waals surface area contributed by atoms with Crippen molar-refractivity contribution in [1.82, 2.24) is 0 Å². The lowest BCUT2D eigenvalue weighted by atomic mass is 10.1. The molecule has 0 saturated carbocycles. The molecule has 0 atom stereocenters. The molecule has 2 nitrogen and oxygen atoms in total. The molecule has 0 N–H and O–H groups in total. The number of hydrogen-bond acceptors (Lipinski definition) is 3. The number of hydrogen-bond donors (Lipinski definition) is 0. The Morgan fingerprint density at radius 3 is 2.83 bits per heavy atom. The first-order valence-corrected chi connectivity index (χ1v) is 7.34. The molecule has 18 heavy (non-hydrogen) atoms. The Balaban J connectivity index is 2.20. The smallest absolute Gasteiger partial charge is 0.203 e. The van der Waals surface area contributed by atoms with E-state index >= 15 is 0 Å². The van der Waals surface area contributed by atoms with Gasteiger partial charge in [0.15, 0.2) is 0 Å². The zero-order valence-corrected chi connectivity index (χ0v) is 12.4. The molecule has 2 rings (SSSR count). The molecule has 1 aromatic carbocycles. The van der Waals surface area contributed by atoms with Crippen LogP contribution in [0.15, 0.2) is 40.2 Å². The maximum atomic E-state index is 12.2. The van der Waals surface area contributed by atoms with Gasteiger partial charge < -0.3 is 4.74 Å². The Morgan fingerprint density at radius 2 is 2.17 bits per heavy atom. The van der Waals surface area contributed by atoms with Crippen molar-refractivity contribution in [2.75, 3.05) is 6.61 Å². The first kappa shape index (κ1) is 13.3. The molecule has 2 aromatic rings. The lowest BCUT2D eigenvalue weighted by Crippen LogP contribution is -2.00. The van der Waals surface area contributed by atoms with Crippen LogP contribution >= 0.6 is 27.3 Å². The maximum absolute atomic E-state index is 12.2. The van der Waals surface area contributed by atoms with Crippen LogP contribution in [0, 0.1) is 0 Å². The summed E-state index contributed by atoms with van der Waals surface area (Å²) >= 11 is 4.80. The van der Waals surface area contributed by atoms with E-state index in [9.17, 15) is 4.79 Å². The number of carbonyl (C=O) groups is 1. The van der Waals surface area contributed by atoms with Crippen molar-refractivity contribution in [3.05, 3.63) is 50.6 Å². The van der Waals surface area contributed by atoms with E-state index in [1.165, 1.54) is 11.3 Å². The predicted molar refractivity (Wildman–Crippen MR) is 77.7 cm³/mol. The minimum Gasteiger partial charge on any atom is -0.494 e. The molecule has 0 amide bonds. The zero-order chi connectivity index (χ0) is 13.0. The fourth-order valence-electron chi connectivity index (χ4n) is 1.53. The van der Waals surface area contributed by atoms with E-state index in [-0.39, 0.29) is 5.78 Å². The van der Waals surface area contributed by atoms with Crippen LogP contribution in [-0.2, 0) is 0 Å². The summed E-state index contributed by atoms with van der Waals surface area (Å²) in [7, 11) is 0. The third kappa shape index (κ3) is 3.21. The first-order valence-electron chi connectivity index (χ1n) is 5.73. The predicted octanol–water partition coefficient (Wildman–Crippen LogP) is 4.53. The van der Waals surface area contributed by atoms with Gasteiger partial charge in [-0.1, -0.05) is 19.1 Å². The van der Waals surface area contributed by atoms with Crippen molar-refractivity contribution < 1.29 is 9.53 Å². The number of rotatable bonds is 5. The summed E-state index contributed by atoms with van der Waals surface area (Å²) in [5, 5.41) is 0. The fraction of sp³-hybridized carbons (Fsp3) is 0.214. The molecular formula is C14H13BrO2S. The van der Waals surface area contributed by atoms with Gasteiger partial charge in [-0.15, -0.1) is 11.3 Å². The summed E-state index contributed by atoms with van der Waals surface area (Å²) in [6, 6.07) is 11.0. The number of ketones is 1. The Labute approximate surface area is 119 Å². The van der Waals surface area contributed by atoms with Crippen LogP contribution in [0.4, 0.5) is 0 Å². The molecule has 4 heteroatoms. The van der Waals surface area contributed by atoms with Crippen LogP contribution in [0.2, 0.25) is 0 Å². The summed E-state index contributed by atoms with van der Waals surface area (Å²) in [6.45, 7) is 2.72. The number of benzene rings is 1. The van der Waals surface area contributed by atoms with Crippen LogP contribution in [-0.4, -0.2) is 12.4 Å². The molecule has 0 aliphatic rings. The number of carbonyl (C=O) groups excluding carboxylic acids is 1. The highest BCUT2D eigenvalue weighted by Gasteiger charge is 2.12. The highest BCUT2D eigenvalue weighted by molar-refractivity contribution is 9.11. The van der Waals surface area contributed by atoms with Gasteiger partial charge in [0, 0.05) is 5.56 Å². The second-order valence-electron chi connectivity index (χ2n) is 3.81. The third-order valence-corrected chi connectivity index (χ3v) is 3.99. The number of halogens is 1. The van der Waals surface area contributed by atoms with Crippen molar-refractivity contribution >= 4 is 33.0 Å². The van der Waals surface area contributed by atoms with Crippen LogP contribution in [0.1, 0.15) is 28.6 Å². The molecule has 0 bridgehead atoms. The Kier molecular flexibility index (Phi) is 4.55. The number of thiophene rings is 1. The van der Waals surface area contributed by atoms with E-state index in [1.54, 1.807) is 6.07 Å². The van der Waals surface area contributed by atoms with Crippen LogP contribution < -0.4 is 4.74 Å². The summed E-state index contributed by atoms with van der Waals surface area (Å²) in [5.41, 5.74) is 0.665. The summed E-state index contributed by atoms with van der Waals surface area (Å²) in [6.07, 6.45) is 0.954. The Bertz CT molecular complexity index is 548. The first-order chi connectivity index (χ1) is 8.70. The highest BCUT2D eigenvalue weighted by Crippen LogP contribution is 2.25. The van der Waals surface area contributed by atoms with Gasteiger partial charge in [-0.25, -0.2) is 0 Å². The van der Waals surface area contributed by atoms with Gasteiger partial charge >= 0.3 is 0 Å². The largest absolute Gasteiger partial charge is 0.494 e. The molecule has 0 radical (unpaired) electrons. The van der Waals surface area contributed by atoms with E-state index in [1.807, 2.05) is 30.3 Å². The topological polar surface area (TPSA) is 26.3 Å². The molecule has 0 unspecified atom stereocenters. The van der Waals surface area contributed by atoms with E-state index in [0.29, 0.717) is 12.2 Å². The van der Waals surface area contributed by atoms with Gasteiger partial charge in [0.2, 0.25) is 5.78 Å². The Hall–Kier alpha value is -1.13. The summed E-state index contributed by atoms with van der Waals surface area (Å²) in [4.78, 5) is 13.0. The van der Waals surface area contributed by atoms with Gasteiger partial charge in [-0.3, -0.25) is 4.79 Å². The second-order valence-corrected chi connectivity index (χ2v) is 6.27. The van der Waals surface area contributed by atoms with Crippen molar-refractivity contribution in [1.29, 1.82) is 0 Å². The van der Waals surface area contributed by atoms with E-state index in [0.717, 1.165) is 20.8 Å². The molecule has 1 heterocycles. The standard InChI is InChI=1S/C14H13BrO2S/c1-2-8-17-11-5-3-4-10(9-11)14(16)12-6-7-13(15)18-12/h3-7,9H,2,8H2,1H3. The third-order valence-electron chi connectivity index (χ3n) is 2.37. The average molecular weight is 325 g/mol. The fourth-order valence-corrected chi connectivity index (χ4v) is 2.87. The van der Waals surface area contributed by atoms with Gasteiger partial charge in [0.25, 0.3) is 0 Å². The van der Waals surface area contributed by atoms with E-state index < -0.39 is 0 Å². The molecule has 1 aromatic heterocycles.